The quantitative estimate of drug-likeness (QED) is 0.0312. The number of rotatable bonds is 35. The third-order valence-electron chi connectivity index (χ3n) is 8.17. The molecule has 0 aliphatic rings. The van der Waals surface area contributed by atoms with E-state index in [-0.39, 0.29) is 25.8 Å². The van der Waals surface area contributed by atoms with Crippen molar-refractivity contribution in [2.24, 2.45) is 0 Å². The number of carbonyl (C=O) groups excluding carboxylic acids is 1. The van der Waals surface area contributed by atoms with Crippen LogP contribution < -0.4 is 0 Å². The van der Waals surface area contributed by atoms with Crippen LogP contribution in [0.2, 0.25) is 0 Å². The third-order valence-corrected chi connectivity index (χ3v) is 9.15. The maximum atomic E-state index is 12.5. The van der Waals surface area contributed by atoms with Gasteiger partial charge in [-0.3, -0.25) is 13.8 Å². The molecule has 0 saturated heterocycles. The molecule has 0 heterocycles. The van der Waals surface area contributed by atoms with Crippen molar-refractivity contribution in [1.82, 2.24) is 0 Å². The van der Waals surface area contributed by atoms with E-state index in [2.05, 4.69) is 13.8 Å². The van der Waals surface area contributed by atoms with Gasteiger partial charge in [0.15, 0.2) is 0 Å². The molecule has 0 spiro atoms. The minimum atomic E-state index is -4.25. The van der Waals surface area contributed by atoms with Crippen molar-refractivity contribution in [2.45, 2.75) is 174 Å². The molecule has 1 N–H and O–H groups in total. The normalized spacial score (nSPS) is 14.0. The topological polar surface area (TPSA) is 91.3 Å². The van der Waals surface area contributed by atoms with E-state index < -0.39 is 13.9 Å². The van der Waals surface area contributed by atoms with E-state index >= 15 is 0 Å². The van der Waals surface area contributed by atoms with Crippen molar-refractivity contribution in [3.05, 3.63) is 0 Å². The zero-order chi connectivity index (χ0) is 33.5. The van der Waals surface area contributed by atoms with Crippen LogP contribution >= 0.6 is 7.82 Å². The zero-order valence-corrected chi connectivity index (χ0v) is 31.3. The molecule has 45 heavy (non-hydrogen) atoms. The Hall–Kier alpha value is -0.500. The van der Waals surface area contributed by atoms with Crippen LogP contribution in [0.4, 0.5) is 0 Å². The van der Waals surface area contributed by atoms with Gasteiger partial charge in [-0.15, -0.1) is 0 Å². The molecule has 0 aromatic heterocycles. The highest BCUT2D eigenvalue weighted by atomic mass is 31.2. The molecule has 0 saturated carbocycles. The van der Waals surface area contributed by atoms with Gasteiger partial charge in [0, 0.05) is 13.0 Å². The van der Waals surface area contributed by atoms with E-state index in [1.54, 1.807) is 0 Å². The molecule has 2 atom stereocenters. The summed E-state index contributed by atoms with van der Waals surface area (Å²) in [6.07, 6.45) is 28.4. The number of carbonyl (C=O) groups is 1. The summed E-state index contributed by atoms with van der Waals surface area (Å²) >= 11 is 0. The van der Waals surface area contributed by atoms with Gasteiger partial charge in [0.2, 0.25) is 0 Å². The summed E-state index contributed by atoms with van der Waals surface area (Å²) in [7, 11) is 1.68. The Morgan fingerprint density at radius 1 is 0.600 bits per heavy atom. The van der Waals surface area contributed by atoms with Crippen LogP contribution in [-0.2, 0) is 27.9 Å². The van der Waals surface area contributed by atoms with E-state index in [1.165, 1.54) is 116 Å². The SMILES string of the molecule is CCCCCCCCCCCCCCCCOC[C@H](COP(=O)(O)OCC[N+](C)(C)C)OC(=O)CCCCCCCCCCC. The lowest BCUT2D eigenvalue weighted by Gasteiger charge is -2.24. The number of esters is 1. The van der Waals surface area contributed by atoms with Crippen molar-refractivity contribution < 1.29 is 37.3 Å². The van der Waals surface area contributed by atoms with E-state index in [1.807, 2.05) is 21.1 Å². The number of ether oxygens (including phenoxy) is 2. The summed E-state index contributed by atoms with van der Waals surface area (Å²) in [4.78, 5) is 22.7. The predicted octanol–water partition coefficient (Wildman–Crippen LogP) is 10.2. The van der Waals surface area contributed by atoms with Crippen LogP contribution in [0.3, 0.4) is 0 Å². The Labute approximate surface area is 278 Å². The van der Waals surface area contributed by atoms with Gasteiger partial charge in [-0.05, 0) is 12.8 Å². The molecule has 8 nitrogen and oxygen atoms in total. The van der Waals surface area contributed by atoms with Crippen LogP contribution in [0.25, 0.3) is 0 Å². The first kappa shape index (κ1) is 44.5. The first-order valence-electron chi connectivity index (χ1n) is 18.8. The van der Waals surface area contributed by atoms with Crippen LogP contribution in [0.15, 0.2) is 0 Å². The second-order valence-electron chi connectivity index (χ2n) is 14.0. The molecule has 9 heteroatoms. The largest absolute Gasteiger partial charge is 0.472 e. The Balaban J connectivity index is 4.24. The molecule has 1 unspecified atom stereocenters. The molecule has 0 fully saturated rings. The molecular weight excluding hydrogens is 589 g/mol. The fraction of sp³-hybridized carbons (Fsp3) is 0.972. The average Bonchev–Trinajstić information content (AvgIpc) is 2.98. The Morgan fingerprint density at radius 3 is 1.47 bits per heavy atom. The van der Waals surface area contributed by atoms with Crippen molar-refractivity contribution in [2.75, 3.05) is 54.1 Å². The molecule has 0 aromatic rings. The lowest BCUT2D eigenvalue weighted by molar-refractivity contribution is -0.870. The van der Waals surface area contributed by atoms with E-state index in [0.29, 0.717) is 24.1 Å². The standard InChI is InChI=1S/C36H74NO7P/c1-6-8-10-12-14-16-17-18-19-20-22-24-26-28-31-41-33-35(34-43-45(39,40)42-32-30-37(3,4)5)44-36(38)29-27-25-23-21-15-13-11-9-7-2/h35H,6-34H2,1-5H3/p+1/t35-/m1/s1. The van der Waals surface area contributed by atoms with Gasteiger partial charge in [0.1, 0.15) is 19.3 Å². The lowest BCUT2D eigenvalue weighted by Crippen LogP contribution is -2.37. The summed E-state index contributed by atoms with van der Waals surface area (Å²) in [6.45, 7) is 5.63. The van der Waals surface area contributed by atoms with Gasteiger partial charge in [-0.1, -0.05) is 149 Å². The van der Waals surface area contributed by atoms with E-state index in [0.717, 1.165) is 32.1 Å². The van der Waals surface area contributed by atoms with Crippen molar-refractivity contribution in [3.8, 4) is 0 Å². The van der Waals surface area contributed by atoms with Gasteiger partial charge < -0.3 is 18.9 Å². The van der Waals surface area contributed by atoms with Crippen molar-refractivity contribution in [3.63, 3.8) is 0 Å². The van der Waals surface area contributed by atoms with Crippen molar-refractivity contribution in [1.29, 1.82) is 0 Å². The number of phosphoric acid groups is 1. The summed E-state index contributed by atoms with van der Waals surface area (Å²) in [5, 5.41) is 0. The fourth-order valence-electron chi connectivity index (χ4n) is 5.20. The molecule has 0 aliphatic heterocycles. The minimum absolute atomic E-state index is 0.0932. The summed E-state index contributed by atoms with van der Waals surface area (Å²) in [6, 6.07) is 0. The molecule has 0 amide bonds. The first-order chi connectivity index (χ1) is 21.6. The molecule has 0 aliphatic carbocycles. The van der Waals surface area contributed by atoms with Crippen LogP contribution in [0.1, 0.15) is 168 Å². The van der Waals surface area contributed by atoms with E-state index in [9.17, 15) is 14.3 Å². The molecule has 0 rings (SSSR count). The summed E-state index contributed by atoms with van der Waals surface area (Å²) in [5.41, 5.74) is 0. The Morgan fingerprint density at radius 2 is 1.02 bits per heavy atom. The van der Waals surface area contributed by atoms with Crippen LogP contribution in [-0.4, -0.2) is 75.6 Å². The highest BCUT2D eigenvalue weighted by Gasteiger charge is 2.26. The zero-order valence-electron chi connectivity index (χ0n) is 30.4. The fourth-order valence-corrected chi connectivity index (χ4v) is 5.94. The van der Waals surface area contributed by atoms with E-state index in [4.69, 9.17) is 18.5 Å². The number of quaternary nitrogens is 1. The molecule has 270 valence electrons. The van der Waals surface area contributed by atoms with Crippen LogP contribution in [0.5, 0.6) is 0 Å². The average molecular weight is 665 g/mol. The Bertz CT molecular complexity index is 701. The molecule has 0 aromatic carbocycles. The number of hydrogen-bond acceptors (Lipinski definition) is 6. The maximum absolute atomic E-state index is 12.5. The second-order valence-corrected chi connectivity index (χ2v) is 15.4. The summed E-state index contributed by atoms with van der Waals surface area (Å²) in [5.74, 6) is -0.314. The number of phosphoric ester groups is 1. The number of unbranched alkanes of at least 4 members (excludes halogenated alkanes) is 21. The second kappa shape index (κ2) is 30.8. The molecular formula is C36H75NO7P+. The minimum Gasteiger partial charge on any atom is -0.457 e. The monoisotopic (exact) mass is 665 g/mol. The predicted molar refractivity (Wildman–Crippen MR) is 187 cm³/mol. The van der Waals surface area contributed by atoms with Gasteiger partial charge in [-0.2, -0.15) is 0 Å². The number of likely N-dealkylation sites (N-methyl/N-ethyl adjacent to an activating group) is 1. The number of hydrogen-bond donors (Lipinski definition) is 1. The third kappa shape index (κ3) is 34.6. The smallest absolute Gasteiger partial charge is 0.457 e. The maximum Gasteiger partial charge on any atom is 0.472 e. The van der Waals surface area contributed by atoms with Crippen LogP contribution in [0, 0.1) is 0 Å². The summed E-state index contributed by atoms with van der Waals surface area (Å²) < 4.78 is 34.8. The first-order valence-corrected chi connectivity index (χ1v) is 20.3. The lowest BCUT2D eigenvalue weighted by atomic mass is 10.0. The highest BCUT2D eigenvalue weighted by molar-refractivity contribution is 7.47. The molecule has 0 bridgehead atoms. The van der Waals surface area contributed by atoms with Crippen molar-refractivity contribution >= 4 is 13.8 Å². The van der Waals surface area contributed by atoms with Gasteiger partial charge in [-0.25, -0.2) is 4.57 Å². The Kier molecular flexibility index (Phi) is 30.5. The highest BCUT2D eigenvalue weighted by Crippen LogP contribution is 2.43. The van der Waals surface area contributed by atoms with Gasteiger partial charge in [0.05, 0.1) is 34.4 Å². The van der Waals surface area contributed by atoms with Gasteiger partial charge in [0.25, 0.3) is 0 Å². The molecule has 0 radical (unpaired) electrons. The number of nitrogens with zero attached hydrogens (tertiary/aromatic N) is 1. The van der Waals surface area contributed by atoms with Gasteiger partial charge >= 0.3 is 13.8 Å².